The summed E-state index contributed by atoms with van der Waals surface area (Å²) in [6.45, 7) is 0.481. The Balaban J connectivity index is 1.45. The molecule has 3 aromatic rings. The van der Waals surface area contributed by atoms with Crippen LogP contribution < -0.4 is 9.47 Å². The van der Waals surface area contributed by atoms with E-state index in [1.807, 2.05) is 12.1 Å². The van der Waals surface area contributed by atoms with E-state index in [4.69, 9.17) is 14.6 Å². The Kier molecular flexibility index (Phi) is 12.4. The molecule has 0 saturated carbocycles. The summed E-state index contributed by atoms with van der Waals surface area (Å²) < 4.78 is 23.9. The number of ether oxygens (including phenoxy) is 2. The SMILES string of the molecule is COc1ccc(CCCCCCCCOc2ccc(CS(=O)c3cccc(C(=O)O)c3)nc2/C=C/C(=O)O)cc1. The van der Waals surface area contributed by atoms with Crippen molar-refractivity contribution in [3.63, 3.8) is 0 Å². The number of rotatable bonds is 17. The van der Waals surface area contributed by atoms with Gasteiger partial charge in [-0.15, -0.1) is 0 Å². The smallest absolute Gasteiger partial charge is 0.335 e. The van der Waals surface area contributed by atoms with Gasteiger partial charge >= 0.3 is 11.9 Å². The fraction of sp³-hybridized carbons (Fsp3) is 0.323. The first-order chi connectivity index (χ1) is 19.4. The lowest BCUT2D eigenvalue weighted by Gasteiger charge is -2.11. The van der Waals surface area contributed by atoms with Crippen LogP contribution in [0.3, 0.4) is 0 Å². The van der Waals surface area contributed by atoms with Gasteiger partial charge in [0.25, 0.3) is 0 Å². The first-order valence-electron chi connectivity index (χ1n) is 13.2. The topological polar surface area (TPSA) is 123 Å². The fourth-order valence-electron chi connectivity index (χ4n) is 4.08. The monoisotopic (exact) mass is 565 g/mol. The summed E-state index contributed by atoms with van der Waals surface area (Å²) in [4.78, 5) is 27.1. The van der Waals surface area contributed by atoms with Crippen molar-refractivity contribution >= 4 is 28.8 Å². The molecule has 1 aromatic heterocycles. The Bertz CT molecular complexity index is 1320. The molecule has 0 bridgehead atoms. The van der Waals surface area contributed by atoms with Gasteiger partial charge in [-0.25, -0.2) is 14.6 Å². The molecule has 2 N–H and O–H groups in total. The number of carboxylic acid groups (broad SMARTS) is 2. The van der Waals surface area contributed by atoms with Crippen LogP contribution in [0.25, 0.3) is 6.08 Å². The van der Waals surface area contributed by atoms with Crippen LogP contribution >= 0.6 is 0 Å². The van der Waals surface area contributed by atoms with Gasteiger partial charge in [0.1, 0.15) is 17.2 Å². The van der Waals surface area contributed by atoms with Crippen LogP contribution in [0.15, 0.2) is 71.6 Å². The second-order valence-electron chi connectivity index (χ2n) is 9.25. The molecule has 0 radical (unpaired) electrons. The third-order valence-electron chi connectivity index (χ3n) is 6.23. The van der Waals surface area contributed by atoms with Crippen LogP contribution in [-0.2, 0) is 27.8 Å². The number of carbonyl (C=O) groups is 2. The zero-order valence-electron chi connectivity index (χ0n) is 22.6. The largest absolute Gasteiger partial charge is 0.497 e. The number of aryl methyl sites for hydroxylation is 1. The number of benzene rings is 2. The number of unbranched alkanes of at least 4 members (excludes halogenated alkanes) is 5. The molecular weight excluding hydrogens is 530 g/mol. The molecular formula is C31H35NO7S. The molecule has 0 saturated heterocycles. The highest BCUT2D eigenvalue weighted by Gasteiger charge is 2.12. The maximum Gasteiger partial charge on any atom is 0.335 e. The third kappa shape index (κ3) is 10.3. The van der Waals surface area contributed by atoms with Crippen molar-refractivity contribution in [1.82, 2.24) is 4.98 Å². The predicted molar refractivity (Wildman–Crippen MR) is 154 cm³/mol. The quantitative estimate of drug-likeness (QED) is 0.147. The van der Waals surface area contributed by atoms with Gasteiger partial charge < -0.3 is 19.7 Å². The second-order valence-corrected chi connectivity index (χ2v) is 10.7. The van der Waals surface area contributed by atoms with Crippen molar-refractivity contribution in [1.29, 1.82) is 0 Å². The Hall–Kier alpha value is -3.98. The normalized spacial score (nSPS) is 11.8. The van der Waals surface area contributed by atoms with Crippen molar-refractivity contribution in [3.8, 4) is 11.5 Å². The van der Waals surface area contributed by atoms with Crippen LogP contribution in [0, 0.1) is 0 Å². The molecule has 0 spiro atoms. The number of aliphatic carboxylic acids is 1. The third-order valence-corrected chi connectivity index (χ3v) is 7.56. The minimum absolute atomic E-state index is 0.0513. The molecule has 0 aliphatic heterocycles. The summed E-state index contributed by atoms with van der Waals surface area (Å²) in [5.41, 5.74) is 2.20. The van der Waals surface area contributed by atoms with Gasteiger partial charge in [0.15, 0.2) is 0 Å². The molecule has 0 amide bonds. The average molecular weight is 566 g/mol. The number of pyridine rings is 1. The standard InChI is InChI=1S/C31H35NO7S/c1-38-26-15-12-23(13-16-26)9-6-4-2-3-5-7-20-39-29-18-14-25(32-28(29)17-19-30(33)34)22-40(37)27-11-8-10-24(21-27)31(35)36/h8,10-19,21H,2-7,9,20,22H2,1H3,(H,33,34)(H,35,36)/b19-17+. The van der Waals surface area contributed by atoms with Crippen molar-refractivity contribution < 1.29 is 33.5 Å². The Morgan fingerprint density at radius 2 is 1.65 bits per heavy atom. The molecule has 0 aliphatic rings. The van der Waals surface area contributed by atoms with E-state index in [2.05, 4.69) is 17.1 Å². The van der Waals surface area contributed by atoms with E-state index in [1.165, 1.54) is 30.2 Å². The van der Waals surface area contributed by atoms with Gasteiger partial charge in [0, 0.05) is 11.0 Å². The summed E-state index contributed by atoms with van der Waals surface area (Å²) in [7, 11) is 0.143. The number of hydrogen-bond acceptors (Lipinski definition) is 6. The molecule has 1 unspecified atom stereocenters. The minimum atomic E-state index is -1.53. The molecule has 1 heterocycles. The summed E-state index contributed by atoms with van der Waals surface area (Å²) in [5.74, 6) is -0.821. The van der Waals surface area contributed by atoms with E-state index in [-0.39, 0.29) is 11.3 Å². The van der Waals surface area contributed by atoms with E-state index in [1.54, 1.807) is 31.4 Å². The number of aromatic carboxylic acids is 1. The van der Waals surface area contributed by atoms with E-state index in [0.29, 0.717) is 28.6 Å². The van der Waals surface area contributed by atoms with Crippen molar-refractivity contribution in [3.05, 3.63) is 89.3 Å². The van der Waals surface area contributed by atoms with Crippen LogP contribution in [0.2, 0.25) is 0 Å². The summed E-state index contributed by atoms with van der Waals surface area (Å²) in [6, 6.07) is 17.6. The number of carboxylic acids is 2. The highest BCUT2D eigenvalue weighted by molar-refractivity contribution is 7.84. The lowest BCUT2D eigenvalue weighted by molar-refractivity contribution is -0.131. The van der Waals surface area contributed by atoms with Crippen LogP contribution in [0.5, 0.6) is 11.5 Å². The lowest BCUT2D eigenvalue weighted by Crippen LogP contribution is -2.05. The summed E-state index contributed by atoms with van der Waals surface area (Å²) in [6.07, 6.45) is 9.89. The average Bonchev–Trinajstić information content (AvgIpc) is 2.96. The van der Waals surface area contributed by atoms with E-state index in [0.717, 1.165) is 50.4 Å². The van der Waals surface area contributed by atoms with Gasteiger partial charge in [0.05, 0.1) is 41.5 Å². The number of hydrogen-bond donors (Lipinski definition) is 2. The van der Waals surface area contributed by atoms with Crippen molar-refractivity contribution in [2.45, 2.75) is 55.6 Å². The first-order valence-corrected chi connectivity index (χ1v) is 14.6. The molecule has 1 atom stereocenters. The van der Waals surface area contributed by atoms with Crippen LogP contribution in [0.4, 0.5) is 0 Å². The maximum absolute atomic E-state index is 12.8. The van der Waals surface area contributed by atoms with E-state index >= 15 is 0 Å². The van der Waals surface area contributed by atoms with E-state index in [9.17, 15) is 18.9 Å². The molecule has 2 aromatic carbocycles. The fourth-order valence-corrected chi connectivity index (χ4v) is 5.16. The van der Waals surface area contributed by atoms with E-state index < -0.39 is 22.7 Å². The van der Waals surface area contributed by atoms with Gasteiger partial charge in [-0.05, 0) is 73.4 Å². The Labute approximate surface area is 237 Å². The molecule has 8 nitrogen and oxygen atoms in total. The van der Waals surface area contributed by atoms with Gasteiger partial charge in [-0.2, -0.15) is 0 Å². The van der Waals surface area contributed by atoms with Gasteiger partial charge in [-0.3, -0.25) is 4.21 Å². The minimum Gasteiger partial charge on any atom is -0.497 e. The molecule has 0 aliphatic carbocycles. The number of nitrogens with zero attached hydrogens (tertiary/aromatic N) is 1. The molecule has 212 valence electrons. The Morgan fingerprint density at radius 1 is 0.925 bits per heavy atom. The number of methoxy groups -OCH3 is 1. The van der Waals surface area contributed by atoms with Gasteiger partial charge in [-0.1, -0.05) is 43.9 Å². The summed E-state index contributed by atoms with van der Waals surface area (Å²) >= 11 is 0. The van der Waals surface area contributed by atoms with Gasteiger partial charge in [0.2, 0.25) is 0 Å². The summed E-state index contributed by atoms with van der Waals surface area (Å²) in [5, 5.41) is 18.2. The zero-order valence-corrected chi connectivity index (χ0v) is 23.4. The number of aromatic nitrogens is 1. The molecule has 9 heteroatoms. The molecule has 3 rings (SSSR count). The van der Waals surface area contributed by atoms with Crippen molar-refractivity contribution in [2.75, 3.05) is 13.7 Å². The Morgan fingerprint density at radius 3 is 2.35 bits per heavy atom. The molecule has 40 heavy (non-hydrogen) atoms. The second kappa shape index (κ2) is 16.2. The molecule has 0 fully saturated rings. The first kappa shape index (κ1) is 30.6. The predicted octanol–water partition coefficient (Wildman–Crippen LogP) is 6.16. The maximum atomic E-state index is 12.8. The lowest BCUT2D eigenvalue weighted by atomic mass is 10.0. The zero-order chi connectivity index (χ0) is 28.7. The van der Waals surface area contributed by atoms with Crippen LogP contribution in [0.1, 0.15) is 65.8 Å². The highest BCUT2D eigenvalue weighted by Crippen LogP contribution is 2.22. The van der Waals surface area contributed by atoms with Crippen molar-refractivity contribution in [2.24, 2.45) is 0 Å². The highest BCUT2D eigenvalue weighted by atomic mass is 32.2. The van der Waals surface area contributed by atoms with Crippen LogP contribution in [-0.4, -0.2) is 45.1 Å².